The van der Waals surface area contributed by atoms with Crippen LogP contribution in [0.4, 0.5) is 5.69 Å². The van der Waals surface area contributed by atoms with E-state index in [-0.39, 0.29) is 12.0 Å². The maximum Gasteiger partial charge on any atom is 0.255 e. The van der Waals surface area contributed by atoms with Crippen molar-refractivity contribution in [1.29, 1.82) is 0 Å². The van der Waals surface area contributed by atoms with Crippen LogP contribution in [0.1, 0.15) is 24.2 Å². The average Bonchev–Trinajstić information content (AvgIpc) is 2.65. The Balaban J connectivity index is 1.63. The van der Waals surface area contributed by atoms with E-state index in [9.17, 15) is 4.79 Å². The predicted octanol–water partition coefficient (Wildman–Crippen LogP) is 3.49. The number of nitrogens with one attached hydrogen (secondary N) is 1. The third-order valence-corrected chi connectivity index (χ3v) is 4.15. The molecule has 5 nitrogen and oxygen atoms in total. The van der Waals surface area contributed by atoms with Crippen LogP contribution in [-0.2, 0) is 14.3 Å². The number of ether oxygens (including phenoxy) is 3. The van der Waals surface area contributed by atoms with Gasteiger partial charge in [0.2, 0.25) is 0 Å². The van der Waals surface area contributed by atoms with Crippen LogP contribution < -0.4 is 10.1 Å². The van der Waals surface area contributed by atoms with Crippen LogP contribution in [0.5, 0.6) is 5.75 Å². The first kappa shape index (κ1) is 17.5. The number of hydrogen-bond donors (Lipinski definition) is 1. The molecule has 1 heterocycles. The molecular weight excluding hydrogens is 318 g/mol. The van der Waals surface area contributed by atoms with Crippen LogP contribution in [0, 0.1) is 6.92 Å². The molecule has 5 heteroatoms. The molecule has 3 rings (SSSR count). The molecule has 1 aliphatic rings. The first-order chi connectivity index (χ1) is 12.1. The highest BCUT2D eigenvalue weighted by Gasteiger charge is 2.23. The monoisotopic (exact) mass is 341 g/mol. The van der Waals surface area contributed by atoms with E-state index in [0.717, 1.165) is 22.6 Å². The van der Waals surface area contributed by atoms with Crippen LogP contribution in [0.2, 0.25) is 0 Å². The molecular formula is C20H23NO4. The van der Waals surface area contributed by atoms with Crippen molar-refractivity contribution in [1.82, 2.24) is 0 Å². The molecule has 1 aliphatic heterocycles. The second kappa shape index (κ2) is 8.14. The van der Waals surface area contributed by atoms with Crippen molar-refractivity contribution in [3.05, 3.63) is 59.7 Å². The fourth-order valence-electron chi connectivity index (χ4n) is 2.70. The predicted molar refractivity (Wildman–Crippen MR) is 95.9 cm³/mol. The standard InChI is InChI=1S/C20H23NO4/c1-14-12-17(25-15(2)16-6-4-3-5-7-16)8-9-18(14)21-20(22)19-13-23-10-11-24-19/h3-9,12,15,19H,10-11,13H2,1-2H3,(H,21,22)/t15-,19+/m1/s1. The number of benzene rings is 2. The van der Waals surface area contributed by atoms with Gasteiger partial charge < -0.3 is 19.5 Å². The molecule has 1 saturated heterocycles. The van der Waals surface area contributed by atoms with Crippen molar-refractivity contribution < 1.29 is 19.0 Å². The lowest BCUT2D eigenvalue weighted by molar-refractivity contribution is -0.142. The number of carbonyl (C=O) groups is 1. The minimum Gasteiger partial charge on any atom is -0.486 e. The van der Waals surface area contributed by atoms with Gasteiger partial charge in [0.15, 0.2) is 6.10 Å². The van der Waals surface area contributed by atoms with Gasteiger partial charge in [-0.05, 0) is 43.2 Å². The molecule has 2 aromatic rings. The van der Waals surface area contributed by atoms with Crippen molar-refractivity contribution in [2.75, 3.05) is 25.1 Å². The normalized spacial score (nSPS) is 18.4. The van der Waals surface area contributed by atoms with Gasteiger partial charge >= 0.3 is 0 Å². The van der Waals surface area contributed by atoms with Gasteiger partial charge in [-0.15, -0.1) is 0 Å². The molecule has 0 aliphatic carbocycles. The highest BCUT2D eigenvalue weighted by molar-refractivity contribution is 5.95. The lowest BCUT2D eigenvalue weighted by Crippen LogP contribution is -2.39. The van der Waals surface area contributed by atoms with Gasteiger partial charge in [0.05, 0.1) is 19.8 Å². The zero-order chi connectivity index (χ0) is 17.6. The summed E-state index contributed by atoms with van der Waals surface area (Å²) in [5, 5.41) is 2.89. The Morgan fingerprint density at radius 2 is 2.00 bits per heavy atom. The van der Waals surface area contributed by atoms with Gasteiger partial charge in [0, 0.05) is 5.69 Å². The Morgan fingerprint density at radius 1 is 1.20 bits per heavy atom. The molecule has 132 valence electrons. The summed E-state index contributed by atoms with van der Waals surface area (Å²) < 4.78 is 16.7. The first-order valence-corrected chi connectivity index (χ1v) is 8.46. The zero-order valence-corrected chi connectivity index (χ0v) is 14.5. The molecule has 1 N–H and O–H groups in total. The molecule has 2 atom stereocenters. The quantitative estimate of drug-likeness (QED) is 0.904. The van der Waals surface area contributed by atoms with Crippen LogP contribution in [0.25, 0.3) is 0 Å². The number of rotatable bonds is 5. The Labute approximate surface area is 147 Å². The number of carbonyl (C=O) groups excluding carboxylic acids is 1. The van der Waals surface area contributed by atoms with Gasteiger partial charge in [-0.2, -0.15) is 0 Å². The molecule has 25 heavy (non-hydrogen) atoms. The Kier molecular flexibility index (Phi) is 5.68. The number of anilines is 1. The second-order valence-electron chi connectivity index (χ2n) is 6.07. The van der Waals surface area contributed by atoms with Crippen LogP contribution in [-0.4, -0.2) is 31.8 Å². The number of hydrogen-bond acceptors (Lipinski definition) is 4. The van der Waals surface area contributed by atoms with Gasteiger partial charge in [-0.3, -0.25) is 4.79 Å². The van der Waals surface area contributed by atoms with Crippen molar-refractivity contribution in [2.24, 2.45) is 0 Å². The third-order valence-electron chi connectivity index (χ3n) is 4.15. The maximum absolute atomic E-state index is 12.2. The maximum atomic E-state index is 12.2. The van der Waals surface area contributed by atoms with E-state index in [1.807, 2.05) is 62.4 Å². The fourth-order valence-corrected chi connectivity index (χ4v) is 2.70. The van der Waals surface area contributed by atoms with E-state index in [2.05, 4.69) is 5.32 Å². The third kappa shape index (κ3) is 4.59. The summed E-state index contributed by atoms with van der Waals surface area (Å²) in [5.41, 5.74) is 2.80. The first-order valence-electron chi connectivity index (χ1n) is 8.46. The highest BCUT2D eigenvalue weighted by Crippen LogP contribution is 2.26. The van der Waals surface area contributed by atoms with E-state index >= 15 is 0 Å². The topological polar surface area (TPSA) is 56.8 Å². The molecule has 0 bridgehead atoms. The summed E-state index contributed by atoms with van der Waals surface area (Å²) in [6.45, 7) is 5.23. The van der Waals surface area contributed by atoms with E-state index < -0.39 is 6.10 Å². The van der Waals surface area contributed by atoms with Crippen molar-refractivity contribution >= 4 is 11.6 Å². The van der Waals surface area contributed by atoms with E-state index in [1.54, 1.807) is 0 Å². The number of amides is 1. The Bertz CT molecular complexity index is 711. The van der Waals surface area contributed by atoms with E-state index in [1.165, 1.54) is 0 Å². The SMILES string of the molecule is Cc1cc(O[C@H](C)c2ccccc2)ccc1NC(=O)[C@@H]1COCCO1. The smallest absolute Gasteiger partial charge is 0.255 e. The lowest BCUT2D eigenvalue weighted by atomic mass is 10.1. The van der Waals surface area contributed by atoms with Gasteiger partial charge in [-0.1, -0.05) is 30.3 Å². The minimum absolute atomic E-state index is 0.0474. The van der Waals surface area contributed by atoms with Crippen LogP contribution >= 0.6 is 0 Å². The summed E-state index contributed by atoms with van der Waals surface area (Å²) in [4.78, 5) is 12.2. The lowest BCUT2D eigenvalue weighted by Gasteiger charge is -2.22. The second-order valence-corrected chi connectivity index (χ2v) is 6.07. The van der Waals surface area contributed by atoms with Crippen LogP contribution in [0.15, 0.2) is 48.5 Å². The fraction of sp³-hybridized carbons (Fsp3) is 0.350. The molecule has 0 radical (unpaired) electrons. The van der Waals surface area contributed by atoms with Crippen molar-refractivity contribution in [2.45, 2.75) is 26.1 Å². The van der Waals surface area contributed by atoms with Crippen molar-refractivity contribution in [3.63, 3.8) is 0 Å². The summed E-state index contributed by atoms with van der Waals surface area (Å²) in [5.74, 6) is 0.582. The van der Waals surface area contributed by atoms with Crippen molar-refractivity contribution in [3.8, 4) is 5.75 Å². The Hall–Kier alpha value is -2.37. The highest BCUT2D eigenvalue weighted by atomic mass is 16.6. The zero-order valence-electron chi connectivity index (χ0n) is 14.5. The molecule has 0 aromatic heterocycles. The summed E-state index contributed by atoms with van der Waals surface area (Å²) in [7, 11) is 0. The van der Waals surface area contributed by atoms with Gasteiger partial charge in [0.25, 0.3) is 5.91 Å². The average molecular weight is 341 g/mol. The molecule has 0 unspecified atom stereocenters. The largest absolute Gasteiger partial charge is 0.486 e. The molecule has 0 saturated carbocycles. The number of aryl methyl sites for hydroxylation is 1. The molecule has 1 amide bonds. The van der Waals surface area contributed by atoms with E-state index in [0.29, 0.717) is 19.8 Å². The summed E-state index contributed by atoms with van der Waals surface area (Å²) in [6.07, 6.45) is -0.601. The molecule has 2 aromatic carbocycles. The molecule has 0 spiro atoms. The molecule has 1 fully saturated rings. The van der Waals surface area contributed by atoms with Gasteiger partial charge in [-0.25, -0.2) is 0 Å². The summed E-state index contributed by atoms with van der Waals surface area (Å²) >= 11 is 0. The minimum atomic E-state index is -0.554. The van der Waals surface area contributed by atoms with Crippen LogP contribution in [0.3, 0.4) is 0 Å². The van der Waals surface area contributed by atoms with E-state index in [4.69, 9.17) is 14.2 Å². The summed E-state index contributed by atoms with van der Waals surface area (Å²) in [6, 6.07) is 15.7. The van der Waals surface area contributed by atoms with Gasteiger partial charge in [0.1, 0.15) is 11.9 Å². The Morgan fingerprint density at radius 3 is 2.68 bits per heavy atom.